The molecule has 4 heterocycles. The molecule has 180 valence electrons. The number of aromatic nitrogens is 4. The maximum absolute atomic E-state index is 13.3. The van der Waals surface area contributed by atoms with Gasteiger partial charge in [-0.2, -0.15) is 4.39 Å². The van der Waals surface area contributed by atoms with Gasteiger partial charge in [-0.1, -0.05) is 23.7 Å². The number of nitrogens with zero attached hydrogens (tertiary/aromatic N) is 4. The number of halogens is 2. The third-order valence-electron chi connectivity index (χ3n) is 5.40. The number of hydrogen-bond donors (Lipinski definition) is 1. The fourth-order valence-electron chi connectivity index (χ4n) is 3.58. The summed E-state index contributed by atoms with van der Waals surface area (Å²) in [5.74, 6) is -0.432. The third kappa shape index (κ3) is 5.23. The summed E-state index contributed by atoms with van der Waals surface area (Å²) in [7, 11) is 0. The number of pyridine rings is 4. The molecule has 0 bridgehead atoms. The number of rotatable bonds is 6. The lowest BCUT2D eigenvalue weighted by Crippen LogP contribution is -2.23. The van der Waals surface area contributed by atoms with Crippen molar-refractivity contribution >= 4 is 11.6 Å². The minimum Gasteiger partial charge on any atom is -0.485 e. The standard InChI is InChI=1S/C26H24ClFN4O3/c1-15-13-29-19(18-8-6-9-22(31-18)26(3,4)34)12-20(15)32-16(2)11-21(24(27)25(32)33)35-14-17-7-5-10-23(28)30-17/h5-13,34H,14H2,1-4H3. The average Bonchev–Trinajstić information content (AvgIpc) is 2.81. The van der Waals surface area contributed by atoms with Crippen molar-refractivity contribution in [3.8, 4) is 22.8 Å². The first kappa shape index (κ1) is 24.5. The largest absolute Gasteiger partial charge is 0.485 e. The lowest BCUT2D eigenvalue weighted by atomic mass is 10.0. The Kier molecular flexibility index (Phi) is 6.69. The normalized spacial score (nSPS) is 11.5. The van der Waals surface area contributed by atoms with Crippen LogP contribution in [0.15, 0.2) is 59.5 Å². The molecule has 7 nitrogen and oxygen atoms in total. The fraction of sp³-hybridized carbons (Fsp3) is 0.231. The van der Waals surface area contributed by atoms with E-state index in [-0.39, 0.29) is 17.4 Å². The van der Waals surface area contributed by atoms with E-state index in [1.54, 1.807) is 63.4 Å². The summed E-state index contributed by atoms with van der Waals surface area (Å²) in [5, 5.41) is 10.2. The van der Waals surface area contributed by atoms with E-state index < -0.39 is 17.1 Å². The van der Waals surface area contributed by atoms with E-state index in [4.69, 9.17) is 16.3 Å². The van der Waals surface area contributed by atoms with Crippen LogP contribution in [0, 0.1) is 19.8 Å². The molecule has 9 heteroatoms. The van der Waals surface area contributed by atoms with Crippen molar-refractivity contribution in [2.75, 3.05) is 0 Å². The molecule has 0 unspecified atom stereocenters. The molecule has 4 aromatic rings. The molecule has 1 N–H and O–H groups in total. The molecule has 4 rings (SSSR count). The molecule has 0 radical (unpaired) electrons. The van der Waals surface area contributed by atoms with Gasteiger partial charge in [-0.3, -0.25) is 14.3 Å². The van der Waals surface area contributed by atoms with Crippen LogP contribution in [0.3, 0.4) is 0 Å². The topological polar surface area (TPSA) is 90.1 Å². The molecule has 0 atom stereocenters. The molecule has 0 fully saturated rings. The Morgan fingerprint density at radius 3 is 2.54 bits per heavy atom. The first-order chi connectivity index (χ1) is 16.5. The Hall–Kier alpha value is -3.62. The second-order valence-corrected chi connectivity index (χ2v) is 9.05. The van der Waals surface area contributed by atoms with Crippen LogP contribution in [-0.4, -0.2) is 24.6 Å². The van der Waals surface area contributed by atoms with Crippen LogP contribution in [0.25, 0.3) is 17.1 Å². The van der Waals surface area contributed by atoms with Gasteiger partial charge in [-0.25, -0.2) is 9.97 Å². The van der Waals surface area contributed by atoms with Crippen molar-refractivity contribution in [2.45, 2.75) is 39.9 Å². The van der Waals surface area contributed by atoms with Crippen molar-refractivity contribution < 1.29 is 14.2 Å². The smallest absolute Gasteiger partial charge is 0.277 e. The van der Waals surface area contributed by atoms with E-state index in [0.717, 1.165) is 5.56 Å². The van der Waals surface area contributed by atoms with Crippen LogP contribution in [0.1, 0.15) is 36.5 Å². The van der Waals surface area contributed by atoms with Crippen molar-refractivity contribution in [3.05, 3.63) is 98.7 Å². The van der Waals surface area contributed by atoms with Gasteiger partial charge in [-0.15, -0.1) is 0 Å². The Morgan fingerprint density at radius 1 is 1.09 bits per heavy atom. The molecule has 0 spiro atoms. The molecule has 0 saturated heterocycles. The summed E-state index contributed by atoms with van der Waals surface area (Å²) in [4.78, 5) is 26.0. The van der Waals surface area contributed by atoms with E-state index in [1.165, 1.54) is 16.7 Å². The quantitative estimate of drug-likeness (QED) is 0.383. The molecule has 35 heavy (non-hydrogen) atoms. The van der Waals surface area contributed by atoms with E-state index in [1.807, 2.05) is 6.92 Å². The van der Waals surface area contributed by atoms with Crippen molar-refractivity contribution in [1.29, 1.82) is 0 Å². The first-order valence-corrected chi connectivity index (χ1v) is 11.3. The summed E-state index contributed by atoms with van der Waals surface area (Å²) < 4.78 is 20.5. The van der Waals surface area contributed by atoms with Crippen LogP contribution in [0.2, 0.25) is 5.02 Å². The van der Waals surface area contributed by atoms with Crippen LogP contribution < -0.4 is 10.3 Å². The maximum atomic E-state index is 13.3. The summed E-state index contributed by atoms with van der Waals surface area (Å²) in [5.41, 5.74) is 2.33. The summed E-state index contributed by atoms with van der Waals surface area (Å²) in [6.45, 7) is 6.88. The summed E-state index contributed by atoms with van der Waals surface area (Å²) >= 11 is 6.39. The molecule has 0 aromatic carbocycles. The number of ether oxygens (including phenoxy) is 1. The predicted octanol–water partition coefficient (Wildman–Crippen LogP) is 4.91. The Labute approximate surface area is 206 Å². The monoisotopic (exact) mass is 494 g/mol. The molecule has 0 aliphatic carbocycles. The van der Waals surface area contributed by atoms with Gasteiger partial charge in [0.05, 0.1) is 28.5 Å². The second kappa shape index (κ2) is 9.56. The maximum Gasteiger partial charge on any atom is 0.277 e. The minimum atomic E-state index is -1.11. The predicted molar refractivity (Wildman–Crippen MR) is 131 cm³/mol. The molecule has 0 aliphatic rings. The van der Waals surface area contributed by atoms with Crippen molar-refractivity contribution in [2.24, 2.45) is 0 Å². The van der Waals surface area contributed by atoms with Crippen LogP contribution in [-0.2, 0) is 12.2 Å². The fourth-order valence-corrected chi connectivity index (χ4v) is 3.77. The van der Waals surface area contributed by atoms with Gasteiger partial charge < -0.3 is 9.84 Å². The van der Waals surface area contributed by atoms with Gasteiger partial charge in [0.25, 0.3) is 5.56 Å². The summed E-state index contributed by atoms with van der Waals surface area (Å²) in [6.07, 6.45) is 1.66. The highest BCUT2D eigenvalue weighted by atomic mass is 35.5. The summed E-state index contributed by atoms with van der Waals surface area (Å²) in [6, 6.07) is 13.1. The van der Waals surface area contributed by atoms with Gasteiger partial charge >= 0.3 is 0 Å². The lowest BCUT2D eigenvalue weighted by Gasteiger charge is -2.18. The average molecular weight is 495 g/mol. The van der Waals surface area contributed by atoms with Crippen molar-refractivity contribution in [3.63, 3.8) is 0 Å². The van der Waals surface area contributed by atoms with E-state index in [9.17, 15) is 14.3 Å². The highest BCUT2D eigenvalue weighted by Gasteiger charge is 2.20. The number of aryl methyl sites for hydroxylation is 2. The Morgan fingerprint density at radius 2 is 1.83 bits per heavy atom. The molecule has 0 amide bonds. The molecule has 0 aliphatic heterocycles. The first-order valence-electron chi connectivity index (χ1n) is 10.9. The minimum absolute atomic E-state index is 0.0397. The zero-order chi connectivity index (χ0) is 25.3. The number of hydrogen-bond acceptors (Lipinski definition) is 6. The van der Waals surface area contributed by atoms with Crippen LogP contribution in [0.4, 0.5) is 4.39 Å². The lowest BCUT2D eigenvalue weighted by molar-refractivity contribution is 0.0740. The number of aliphatic hydroxyl groups is 1. The molecule has 0 saturated carbocycles. The molecule has 4 aromatic heterocycles. The second-order valence-electron chi connectivity index (χ2n) is 8.67. The molecular formula is C26H24ClFN4O3. The Balaban J connectivity index is 1.72. The van der Waals surface area contributed by atoms with Gasteiger partial charge in [-0.05, 0) is 63.6 Å². The third-order valence-corrected chi connectivity index (χ3v) is 5.75. The van der Waals surface area contributed by atoms with E-state index in [0.29, 0.717) is 34.2 Å². The Bertz CT molecular complexity index is 1460. The SMILES string of the molecule is Cc1cnc(-c2cccc(C(C)(C)O)n2)cc1-n1c(C)cc(OCc2cccc(F)n2)c(Cl)c1=O. The van der Waals surface area contributed by atoms with Gasteiger partial charge in [0.15, 0.2) is 0 Å². The highest BCUT2D eigenvalue weighted by Crippen LogP contribution is 2.27. The van der Waals surface area contributed by atoms with Gasteiger partial charge in [0.1, 0.15) is 23.0 Å². The molecular weight excluding hydrogens is 471 g/mol. The highest BCUT2D eigenvalue weighted by molar-refractivity contribution is 6.31. The van der Waals surface area contributed by atoms with Gasteiger partial charge in [0.2, 0.25) is 5.95 Å². The van der Waals surface area contributed by atoms with Crippen molar-refractivity contribution in [1.82, 2.24) is 19.5 Å². The van der Waals surface area contributed by atoms with Crippen LogP contribution in [0.5, 0.6) is 5.75 Å². The van der Waals surface area contributed by atoms with Crippen LogP contribution >= 0.6 is 11.6 Å². The zero-order valence-corrected chi connectivity index (χ0v) is 20.5. The van der Waals surface area contributed by atoms with E-state index >= 15 is 0 Å². The van der Waals surface area contributed by atoms with E-state index in [2.05, 4.69) is 15.0 Å². The zero-order valence-electron chi connectivity index (χ0n) is 19.7. The van der Waals surface area contributed by atoms with Gasteiger partial charge in [0, 0.05) is 18.0 Å².